The number of imidazole rings is 1. The molecule has 0 unspecified atom stereocenters. The molecule has 1 heterocycles. The first-order valence-electron chi connectivity index (χ1n) is 9.75. The number of nitrogens with zero attached hydrogens (tertiary/aromatic N) is 2. The molecule has 2 aromatic carbocycles. The average Bonchev–Trinajstić information content (AvgIpc) is 3.23. The predicted molar refractivity (Wildman–Crippen MR) is 117 cm³/mol. The molecule has 160 valence electrons. The minimum atomic E-state index is -0.414. The summed E-state index contributed by atoms with van der Waals surface area (Å²) in [6.07, 6.45) is 6.49. The van der Waals surface area contributed by atoms with Crippen LogP contribution in [-0.4, -0.2) is 22.7 Å². The molecule has 0 aliphatic heterocycles. The lowest BCUT2D eigenvalue weighted by molar-refractivity contribution is 0.265. The van der Waals surface area contributed by atoms with E-state index in [0.717, 1.165) is 25.1 Å². The normalized spacial score (nSPS) is 10.9. The van der Waals surface area contributed by atoms with Gasteiger partial charge in [-0.3, -0.25) is 0 Å². The molecule has 0 aliphatic carbocycles. The SMILES string of the molecule is CCOc1cc(CNCCCn2ccnc2)c(Cl)cc1OCc1c(F)cccc1Cl. The van der Waals surface area contributed by atoms with Gasteiger partial charge < -0.3 is 19.4 Å². The Kier molecular flexibility index (Phi) is 8.37. The van der Waals surface area contributed by atoms with Gasteiger partial charge in [-0.2, -0.15) is 0 Å². The van der Waals surface area contributed by atoms with Crippen LogP contribution in [0.25, 0.3) is 0 Å². The molecule has 0 saturated heterocycles. The van der Waals surface area contributed by atoms with Gasteiger partial charge in [-0.25, -0.2) is 9.37 Å². The van der Waals surface area contributed by atoms with Crippen LogP contribution in [0.1, 0.15) is 24.5 Å². The minimum Gasteiger partial charge on any atom is -0.490 e. The fourth-order valence-corrected chi connectivity index (χ4v) is 3.38. The summed E-state index contributed by atoms with van der Waals surface area (Å²) in [6.45, 7) is 4.67. The molecule has 0 amide bonds. The number of hydrogen-bond donors (Lipinski definition) is 1. The number of benzene rings is 2. The van der Waals surface area contributed by atoms with Crippen molar-refractivity contribution in [3.05, 3.63) is 76.0 Å². The summed E-state index contributed by atoms with van der Waals surface area (Å²) in [5.41, 5.74) is 1.19. The van der Waals surface area contributed by atoms with Crippen LogP contribution in [0.4, 0.5) is 4.39 Å². The van der Waals surface area contributed by atoms with Gasteiger partial charge in [0.25, 0.3) is 0 Å². The van der Waals surface area contributed by atoms with Gasteiger partial charge in [-0.15, -0.1) is 0 Å². The molecule has 1 N–H and O–H groups in total. The van der Waals surface area contributed by atoms with Crippen LogP contribution in [0, 0.1) is 5.82 Å². The van der Waals surface area contributed by atoms with Crippen molar-refractivity contribution in [1.29, 1.82) is 0 Å². The Morgan fingerprint density at radius 3 is 2.70 bits per heavy atom. The second-order valence-electron chi connectivity index (χ2n) is 6.64. The third-order valence-electron chi connectivity index (χ3n) is 4.49. The molecule has 3 rings (SSSR count). The molecule has 0 aliphatic rings. The van der Waals surface area contributed by atoms with Crippen LogP contribution in [0.2, 0.25) is 10.0 Å². The van der Waals surface area contributed by atoms with Crippen LogP contribution in [0.3, 0.4) is 0 Å². The lowest BCUT2D eigenvalue weighted by Crippen LogP contribution is -2.16. The quantitative estimate of drug-likeness (QED) is 0.391. The fraction of sp³-hybridized carbons (Fsp3) is 0.318. The van der Waals surface area contributed by atoms with Gasteiger partial charge in [0.15, 0.2) is 11.5 Å². The first-order valence-corrected chi connectivity index (χ1v) is 10.5. The van der Waals surface area contributed by atoms with E-state index in [2.05, 4.69) is 10.3 Å². The van der Waals surface area contributed by atoms with Crippen molar-refractivity contribution in [2.75, 3.05) is 13.2 Å². The summed E-state index contributed by atoms with van der Waals surface area (Å²) in [5, 5.41) is 4.25. The number of aromatic nitrogens is 2. The zero-order valence-corrected chi connectivity index (χ0v) is 18.2. The standard InChI is InChI=1S/C22H24Cl2FN3O2/c1-2-29-21-11-16(13-26-7-4-9-28-10-8-27-15-28)19(24)12-22(21)30-14-17-18(23)5-3-6-20(17)25/h3,5-6,8,10-12,15,26H,2,4,7,9,13-14H2,1H3. The smallest absolute Gasteiger partial charge is 0.163 e. The predicted octanol–water partition coefficient (Wildman–Crippen LogP) is 5.49. The monoisotopic (exact) mass is 451 g/mol. The molecule has 1 aromatic heterocycles. The number of rotatable bonds is 11. The van der Waals surface area contributed by atoms with Gasteiger partial charge in [0.2, 0.25) is 0 Å². The van der Waals surface area contributed by atoms with Gasteiger partial charge in [-0.05, 0) is 43.7 Å². The summed E-state index contributed by atoms with van der Waals surface area (Å²) < 4.78 is 27.5. The Morgan fingerprint density at radius 2 is 1.97 bits per heavy atom. The largest absolute Gasteiger partial charge is 0.490 e. The van der Waals surface area contributed by atoms with E-state index in [9.17, 15) is 4.39 Å². The van der Waals surface area contributed by atoms with Crippen molar-refractivity contribution in [1.82, 2.24) is 14.9 Å². The molecule has 0 radical (unpaired) electrons. The van der Waals surface area contributed by atoms with E-state index in [0.29, 0.717) is 40.3 Å². The van der Waals surface area contributed by atoms with E-state index in [1.807, 2.05) is 23.8 Å². The van der Waals surface area contributed by atoms with E-state index in [1.165, 1.54) is 6.07 Å². The summed E-state index contributed by atoms with van der Waals surface area (Å²) in [6, 6.07) is 8.08. The summed E-state index contributed by atoms with van der Waals surface area (Å²) in [4.78, 5) is 4.03. The first-order chi connectivity index (χ1) is 14.6. The Morgan fingerprint density at radius 1 is 1.13 bits per heavy atom. The topological polar surface area (TPSA) is 48.3 Å². The molecule has 8 heteroatoms. The molecule has 3 aromatic rings. The Bertz CT molecular complexity index is 932. The summed E-state index contributed by atoms with van der Waals surface area (Å²) in [5.74, 6) is 0.595. The number of ether oxygens (including phenoxy) is 2. The maximum atomic E-state index is 14.0. The van der Waals surface area contributed by atoms with Crippen LogP contribution >= 0.6 is 23.2 Å². The van der Waals surface area contributed by atoms with E-state index < -0.39 is 5.82 Å². The molecule has 0 saturated carbocycles. The molecule has 30 heavy (non-hydrogen) atoms. The highest BCUT2D eigenvalue weighted by Gasteiger charge is 2.14. The fourth-order valence-electron chi connectivity index (χ4n) is 2.94. The summed E-state index contributed by atoms with van der Waals surface area (Å²) in [7, 11) is 0. The highest BCUT2D eigenvalue weighted by Crippen LogP contribution is 2.35. The molecule has 0 bridgehead atoms. The van der Waals surface area contributed by atoms with Crippen molar-refractivity contribution in [3.8, 4) is 11.5 Å². The van der Waals surface area contributed by atoms with Crippen LogP contribution in [0.5, 0.6) is 11.5 Å². The second-order valence-corrected chi connectivity index (χ2v) is 7.46. The maximum Gasteiger partial charge on any atom is 0.163 e. The van der Waals surface area contributed by atoms with Gasteiger partial charge in [-0.1, -0.05) is 29.3 Å². The Balaban J connectivity index is 1.61. The number of nitrogens with one attached hydrogen (secondary N) is 1. The van der Waals surface area contributed by atoms with E-state index in [1.54, 1.807) is 30.7 Å². The lowest BCUT2D eigenvalue weighted by atomic mass is 10.2. The van der Waals surface area contributed by atoms with Crippen LogP contribution < -0.4 is 14.8 Å². The zero-order valence-electron chi connectivity index (χ0n) is 16.7. The van der Waals surface area contributed by atoms with Crippen molar-refractivity contribution in [3.63, 3.8) is 0 Å². The molecule has 0 spiro atoms. The average molecular weight is 452 g/mol. The van der Waals surface area contributed by atoms with Gasteiger partial charge in [0, 0.05) is 42.1 Å². The molecular formula is C22H24Cl2FN3O2. The van der Waals surface area contributed by atoms with Gasteiger partial charge in [0.05, 0.1) is 18.0 Å². The molecule has 0 atom stereocenters. The molecule has 0 fully saturated rings. The second kappa shape index (κ2) is 11.2. The van der Waals surface area contributed by atoms with Crippen LogP contribution in [0.15, 0.2) is 49.1 Å². The number of hydrogen-bond acceptors (Lipinski definition) is 4. The van der Waals surface area contributed by atoms with E-state index in [-0.39, 0.29) is 6.61 Å². The van der Waals surface area contributed by atoms with E-state index >= 15 is 0 Å². The van der Waals surface area contributed by atoms with Gasteiger partial charge >= 0.3 is 0 Å². The zero-order chi connectivity index (χ0) is 21.3. The van der Waals surface area contributed by atoms with E-state index in [4.69, 9.17) is 32.7 Å². The third kappa shape index (κ3) is 6.11. The number of aryl methyl sites for hydroxylation is 1. The lowest BCUT2D eigenvalue weighted by Gasteiger charge is -2.16. The first kappa shape index (κ1) is 22.4. The third-order valence-corrected chi connectivity index (χ3v) is 5.20. The highest BCUT2D eigenvalue weighted by atomic mass is 35.5. The minimum absolute atomic E-state index is 0.0201. The Hall–Kier alpha value is -2.28. The van der Waals surface area contributed by atoms with Crippen molar-refractivity contribution >= 4 is 23.2 Å². The van der Waals surface area contributed by atoms with Crippen LogP contribution in [-0.2, 0) is 19.7 Å². The van der Waals surface area contributed by atoms with Crippen molar-refractivity contribution < 1.29 is 13.9 Å². The Labute approximate surface area is 185 Å². The summed E-state index contributed by atoms with van der Waals surface area (Å²) >= 11 is 12.5. The number of halogens is 3. The maximum absolute atomic E-state index is 14.0. The molecular weight excluding hydrogens is 428 g/mol. The molecule has 5 nitrogen and oxygen atoms in total. The van der Waals surface area contributed by atoms with Crippen molar-refractivity contribution in [2.45, 2.75) is 33.0 Å². The van der Waals surface area contributed by atoms with Crippen molar-refractivity contribution in [2.24, 2.45) is 0 Å². The van der Waals surface area contributed by atoms with Gasteiger partial charge in [0.1, 0.15) is 12.4 Å². The highest BCUT2D eigenvalue weighted by molar-refractivity contribution is 6.31.